The molecule has 0 bridgehead atoms. The standard InChI is InChI=1S/C31H26FN7O3S/c32-25-12-8-21(9-13-25)14-15-35-31(40)27-16-23(17-33)19-37-30(27)36-18-22-6-10-24(11-7-22)28-20-39(38-29(28)34)43(41,42)26-4-2-1-3-5-26/h1-13,16,19-20H,14-15,18H2,(H2,34,38)(H,35,40)(H,36,37). The van der Waals surface area contributed by atoms with Crippen LogP contribution in [0, 0.1) is 17.1 Å². The number of hydrogen-bond donors (Lipinski definition) is 3. The highest BCUT2D eigenvalue weighted by Crippen LogP contribution is 2.27. The van der Waals surface area contributed by atoms with Gasteiger partial charge in [-0.25, -0.2) is 9.37 Å². The average molecular weight is 596 g/mol. The second-order valence-corrected chi connectivity index (χ2v) is 11.3. The number of carbonyl (C=O) groups excluding carboxylic acids is 1. The van der Waals surface area contributed by atoms with Gasteiger partial charge in [-0.3, -0.25) is 4.79 Å². The summed E-state index contributed by atoms with van der Waals surface area (Å²) in [4.78, 5) is 17.3. The Labute approximate surface area is 247 Å². The van der Waals surface area contributed by atoms with Crippen LogP contribution >= 0.6 is 0 Å². The van der Waals surface area contributed by atoms with Gasteiger partial charge >= 0.3 is 0 Å². The summed E-state index contributed by atoms with van der Waals surface area (Å²) in [5, 5.41) is 19.3. The summed E-state index contributed by atoms with van der Waals surface area (Å²) >= 11 is 0. The largest absolute Gasteiger partial charge is 0.382 e. The Balaban J connectivity index is 1.26. The molecule has 0 unspecified atom stereocenters. The molecule has 5 rings (SSSR count). The maximum atomic E-state index is 13.1. The summed E-state index contributed by atoms with van der Waals surface area (Å²) < 4.78 is 39.9. The van der Waals surface area contributed by atoms with Crippen molar-refractivity contribution in [3.8, 4) is 17.2 Å². The third-order valence-corrected chi connectivity index (χ3v) is 8.16. The molecule has 4 N–H and O–H groups in total. The van der Waals surface area contributed by atoms with E-state index in [1.807, 2.05) is 18.2 Å². The zero-order chi connectivity index (χ0) is 30.4. The van der Waals surface area contributed by atoms with E-state index in [-0.39, 0.29) is 27.7 Å². The minimum atomic E-state index is -3.89. The molecule has 10 nitrogen and oxygen atoms in total. The molecule has 43 heavy (non-hydrogen) atoms. The Bertz CT molecular complexity index is 1900. The molecule has 1 amide bonds. The van der Waals surface area contributed by atoms with Crippen LogP contribution in [0.4, 0.5) is 16.0 Å². The minimum absolute atomic E-state index is 0.0715. The summed E-state index contributed by atoms with van der Waals surface area (Å²) in [5.41, 5.74) is 9.39. The van der Waals surface area contributed by atoms with E-state index in [4.69, 9.17) is 5.73 Å². The summed E-state index contributed by atoms with van der Waals surface area (Å²) in [7, 11) is -3.89. The Kier molecular flexibility index (Phi) is 8.45. The molecule has 0 aliphatic heterocycles. The minimum Gasteiger partial charge on any atom is -0.382 e. The fraction of sp³-hybridized carbons (Fsp3) is 0.0968. The zero-order valence-corrected chi connectivity index (χ0v) is 23.6. The van der Waals surface area contributed by atoms with Gasteiger partial charge in [0, 0.05) is 24.8 Å². The molecule has 12 heteroatoms. The highest BCUT2D eigenvalue weighted by atomic mass is 32.2. The van der Waals surface area contributed by atoms with Gasteiger partial charge in [0.2, 0.25) is 0 Å². The topological polar surface area (TPSA) is 156 Å². The first-order valence-corrected chi connectivity index (χ1v) is 14.6. The lowest BCUT2D eigenvalue weighted by Gasteiger charge is -2.12. The van der Waals surface area contributed by atoms with Crippen molar-refractivity contribution in [2.24, 2.45) is 0 Å². The van der Waals surface area contributed by atoms with E-state index in [0.717, 1.165) is 15.2 Å². The fourth-order valence-electron chi connectivity index (χ4n) is 4.31. The normalized spacial score (nSPS) is 11.1. The second kappa shape index (κ2) is 12.5. The van der Waals surface area contributed by atoms with Gasteiger partial charge in [0.05, 0.1) is 22.2 Å². The van der Waals surface area contributed by atoms with Gasteiger partial charge in [-0.1, -0.05) is 54.6 Å². The van der Waals surface area contributed by atoms with E-state index in [9.17, 15) is 22.9 Å². The molecule has 216 valence electrons. The number of pyridine rings is 1. The Morgan fingerprint density at radius 3 is 2.40 bits per heavy atom. The van der Waals surface area contributed by atoms with Crippen LogP contribution in [0.1, 0.15) is 27.0 Å². The van der Waals surface area contributed by atoms with E-state index < -0.39 is 15.9 Å². The molecule has 0 aliphatic rings. The molecule has 0 aliphatic carbocycles. The summed E-state index contributed by atoms with van der Waals surface area (Å²) in [6.45, 7) is 0.626. The van der Waals surface area contributed by atoms with Gasteiger partial charge in [0.15, 0.2) is 5.82 Å². The van der Waals surface area contributed by atoms with Gasteiger partial charge in [-0.15, -0.1) is 5.10 Å². The number of amides is 1. The van der Waals surface area contributed by atoms with Crippen molar-refractivity contribution in [1.29, 1.82) is 5.26 Å². The third-order valence-electron chi connectivity index (χ3n) is 6.61. The number of benzene rings is 3. The third kappa shape index (κ3) is 6.69. The van der Waals surface area contributed by atoms with Crippen molar-refractivity contribution in [1.82, 2.24) is 19.5 Å². The molecule has 3 aromatic carbocycles. The predicted octanol–water partition coefficient (Wildman–Crippen LogP) is 4.36. The van der Waals surface area contributed by atoms with Crippen molar-refractivity contribution in [2.75, 3.05) is 17.6 Å². The number of nitrogens with zero attached hydrogens (tertiary/aromatic N) is 4. The Morgan fingerprint density at radius 2 is 1.70 bits per heavy atom. The quantitative estimate of drug-likeness (QED) is 0.215. The van der Waals surface area contributed by atoms with Gasteiger partial charge in [0.25, 0.3) is 15.9 Å². The van der Waals surface area contributed by atoms with Crippen molar-refractivity contribution < 1.29 is 17.6 Å². The lowest BCUT2D eigenvalue weighted by molar-refractivity contribution is 0.0954. The van der Waals surface area contributed by atoms with Crippen LogP contribution in [0.25, 0.3) is 11.1 Å². The first kappa shape index (κ1) is 29.0. The molecular formula is C31H26FN7O3S. The number of nitriles is 1. The number of nitrogen functional groups attached to an aromatic ring is 1. The van der Waals surface area contributed by atoms with Gasteiger partial charge in [-0.05, 0) is 53.4 Å². The molecule has 0 saturated carbocycles. The van der Waals surface area contributed by atoms with Crippen molar-refractivity contribution in [3.05, 3.63) is 125 Å². The monoisotopic (exact) mass is 595 g/mol. The lowest BCUT2D eigenvalue weighted by atomic mass is 10.1. The molecular weight excluding hydrogens is 569 g/mol. The van der Waals surface area contributed by atoms with Crippen LogP contribution < -0.4 is 16.4 Å². The number of carbonyl (C=O) groups is 1. The molecule has 0 fully saturated rings. The Hall–Kier alpha value is -5.54. The number of aromatic nitrogens is 3. The van der Waals surface area contributed by atoms with Crippen LogP contribution in [-0.4, -0.2) is 35.0 Å². The lowest BCUT2D eigenvalue weighted by Crippen LogP contribution is -2.27. The average Bonchev–Trinajstić information content (AvgIpc) is 3.43. The first-order valence-electron chi connectivity index (χ1n) is 13.2. The van der Waals surface area contributed by atoms with E-state index in [1.54, 1.807) is 42.5 Å². The van der Waals surface area contributed by atoms with Crippen LogP contribution in [0.15, 0.2) is 102 Å². The highest BCUT2D eigenvalue weighted by Gasteiger charge is 2.20. The fourth-order valence-corrected chi connectivity index (χ4v) is 5.46. The van der Waals surface area contributed by atoms with Gasteiger partial charge in [-0.2, -0.15) is 17.8 Å². The van der Waals surface area contributed by atoms with Gasteiger partial charge in [0.1, 0.15) is 17.7 Å². The van der Waals surface area contributed by atoms with E-state index in [1.165, 1.54) is 42.7 Å². The van der Waals surface area contributed by atoms with Crippen molar-refractivity contribution in [2.45, 2.75) is 17.9 Å². The molecule has 2 heterocycles. The van der Waals surface area contributed by atoms with Crippen LogP contribution in [0.2, 0.25) is 0 Å². The smallest absolute Gasteiger partial charge is 0.283 e. The van der Waals surface area contributed by atoms with Crippen molar-refractivity contribution in [3.63, 3.8) is 0 Å². The number of nitrogens with two attached hydrogens (primary N) is 1. The van der Waals surface area contributed by atoms with E-state index >= 15 is 0 Å². The van der Waals surface area contributed by atoms with Crippen LogP contribution in [0.5, 0.6) is 0 Å². The molecule has 0 radical (unpaired) electrons. The molecule has 0 atom stereocenters. The van der Waals surface area contributed by atoms with E-state index in [0.29, 0.717) is 36.5 Å². The number of hydrogen-bond acceptors (Lipinski definition) is 8. The maximum Gasteiger partial charge on any atom is 0.283 e. The molecule has 5 aromatic rings. The van der Waals surface area contributed by atoms with E-state index in [2.05, 4.69) is 20.7 Å². The summed E-state index contributed by atoms with van der Waals surface area (Å²) in [6, 6.07) is 24.7. The molecule has 0 spiro atoms. The van der Waals surface area contributed by atoms with Crippen molar-refractivity contribution >= 4 is 27.6 Å². The Morgan fingerprint density at radius 1 is 1.00 bits per heavy atom. The maximum absolute atomic E-state index is 13.1. The summed E-state index contributed by atoms with van der Waals surface area (Å²) in [5.74, 6) is -0.351. The SMILES string of the molecule is N#Cc1cnc(NCc2ccc(-c3cn(S(=O)(=O)c4ccccc4)nc3N)cc2)c(C(=O)NCCc2ccc(F)cc2)c1. The zero-order valence-electron chi connectivity index (χ0n) is 22.7. The van der Waals surface area contributed by atoms with Gasteiger partial charge < -0.3 is 16.4 Å². The first-order chi connectivity index (χ1) is 20.7. The number of anilines is 2. The predicted molar refractivity (Wildman–Crippen MR) is 160 cm³/mol. The molecule has 2 aromatic heterocycles. The van der Waals surface area contributed by atoms with Crippen LogP contribution in [0.3, 0.4) is 0 Å². The van der Waals surface area contributed by atoms with Crippen LogP contribution in [-0.2, 0) is 23.0 Å². The summed E-state index contributed by atoms with van der Waals surface area (Å²) in [6.07, 6.45) is 3.27. The second-order valence-electron chi connectivity index (χ2n) is 9.53. The number of halogens is 1. The highest BCUT2D eigenvalue weighted by molar-refractivity contribution is 7.89. The number of rotatable bonds is 10. The molecule has 0 saturated heterocycles. The number of nitrogens with one attached hydrogen (secondary N) is 2.